The number of rotatable bonds is 8. The van der Waals surface area contributed by atoms with Crippen LogP contribution in [0.25, 0.3) is 0 Å². The standard InChI is InChI=1S/C13H25NO3/c1-5-10(4)13(17)14-8-11(6-9(2)3)7-12(15)16/h9-11H,5-8H2,1-4H3,(H,14,17)(H,15,16). The molecule has 0 radical (unpaired) electrons. The van der Waals surface area contributed by atoms with Crippen LogP contribution in [0.3, 0.4) is 0 Å². The summed E-state index contributed by atoms with van der Waals surface area (Å²) in [5, 5.41) is 11.6. The van der Waals surface area contributed by atoms with Crippen LogP contribution < -0.4 is 5.32 Å². The number of aliphatic carboxylic acids is 1. The molecular formula is C13H25NO3. The first-order chi connectivity index (χ1) is 7.86. The predicted molar refractivity (Wildman–Crippen MR) is 67.7 cm³/mol. The molecule has 0 fully saturated rings. The van der Waals surface area contributed by atoms with E-state index in [9.17, 15) is 9.59 Å². The number of nitrogens with one attached hydrogen (secondary N) is 1. The fourth-order valence-electron chi connectivity index (χ4n) is 1.76. The van der Waals surface area contributed by atoms with E-state index in [-0.39, 0.29) is 24.2 Å². The Balaban J connectivity index is 4.15. The lowest BCUT2D eigenvalue weighted by molar-refractivity contribution is -0.138. The molecule has 0 aromatic rings. The van der Waals surface area contributed by atoms with Crippen LogP contribution in [0.15, 0.2) is 0 Å². The van der Waals surface area contributed by atoms with Crippen LogP contribution in [-0.2, 0) is 9.59 Å². The van der Waals surface area contributed by atoms with Gasteiger partial charge in [0.2, 0.25) is 5.91 Å². The van der Waals surface area contributed by atoms with Crippen molar-refractivity contribution in [3.8, 4) is 0 Å². The zero-order valence-corrected chi connectivity index (χ0v) is 11.3. The van der Waals surface area contributed by atoms with Crippen molar-refractivity contribution in [3.05, 3.63) is 0 Å². The minimum atomic E-state index is -0.798. The third kappa shape index (κ3) is 7.77. The Morgan fingerprint density at radius 3 is 2.24 bits per heavy atom. The van der Waals surface area contributed by atoms with Gasteiger partial charge < -0.3 is 10.4 Å². The van der Waals surface area contributed by atoms with E-state index in [1.807, 2.05) is 13.8 Å². The molecule has 0 bridgehead atoms. The van der Waals surface area contributed by atoms with E-state index in [2.05, 4.69) is 19.2 Å². The molecule has 4 heteroatoms. The molecule has 0 saturated heterocycles. The van der Waals surface area contributed by atoms with E-state index in [0.29, 0.717) is 12.5 Å². The summed E-state index contributed by atoms with van der Waals surface area (Å²) in [5.41, 5.74) is 0. The van der Waals surface area contributed by atoms with Crippen molar-refractivity contribution in [1.29, 1.82) is 0 Å². The lowest BCUT2D eigenvalue weighted by atomic mass is 9.94. The monoisotopic (exact) mass is 243 g/mol. The van der Waals surface area contributed by atoms with Gasteiger partial charge in [-0.3, -0.25) is 9.59 Å². The number of amides is 1. The van der Waals surface area contributed by atoms with Crippen LogP contribution in [0.1, 0.15) is 47.0 Å². The minimum Gasteiger partial charge on any atom is -0.481 e. The van der Waals surface area contributed by atoms with E-state index >= 15 is 0 Å². The van der Waals surface area contributed by atoms with E-state index < -0.39 is 5.97 Å². The van der Waals surface area contributed by atoms with Gasteiger partial charge in [0, 0.05) is 18.9 Å². The van der Waals surface area contributed by atoms with E-state index in [0.717, 1.165) is 12.8 Å². The van der Waals surface area contributed by atoms with Crippen LogP contribution in [0.2, 0.25) is 0 Å². The van der Waals surface area contributed by atoms with Crippen molar-refractivity contribution < 1.29 is 14.7 Å². The Morgan fingerprint density at radius 1 is 1.24 bits per heavy atom. The first-order valence-corrected chi connectivity index (χ1v) is 6.36. The van der Waals surface area contributed by atoms with Crippen molar-refractivity contribution in [2.75, 3.05) is 6.54 Å². The highest BCUT2D eigenvalue weighted by molar-refractivity contribution is 5.78. The van der Waals surface area contributed by atoms with Gasteiger partial charge >= 0.3 is 5.97 Å². The molecule has 100 valence electrons. The van der Waals surface area contributed by atoms with Crippen LogP contribution in [0, 0.1) is 17.8 Å². The predicted octanol–water partition coefficient (Wildman–Crippen LogP) is 2.29. The summed E-state index contributed by atoms with van der Waals surface area (Å²) in [6.07, 6.45) is 1.76. The molecule has 0 saturated carbocycles. The summed E-state index contributed by atoms with van der Waals surface area (Å²) in [4.78, 5) is 22.3. The number of hydrogen-bond acceptors (Lipinski definition) is 2. The van der Waals surface area contributed by atoms with Crippen molar-refractivity contribution in [2.45, 2.75) is 47.0 Å². The average molecular weight is 243 g/mol. The maximum atomic E-state index is 11.6. The van der Waals surface area contributed by atoms with Crippen LogP contribution in [-0.4, -0.2) is 23.5 Å². The zero-order valence-electron chi connectivity index (χ0n) is 11.3. The Morgan fingerprint density at radius 2 is 1.82 bits per heavy atom. The normalized spacial score (nSPS) is 14.4. The molecule has 2 N–H and O–H groups in total. The first kappa shape index (κ1) is 15.9. The molecule has 0 aliphatic rings. The van der Waals surface area contributed by atoms with Gasteiger partial charge in [-0.05, 0) is 24.7 Å². The Bertz CT molecular complexity index is 251. The highest BCUT2D eigenvalue weighted by Gasteiger charge is 2.17. The fraction of sp³-hybridized carbons (Fsp3) is 0.846. The van der Waals surface area contributed by atoms with Crippen LogP contribution >= 0.6 is 0 Å². The number of hydrogen-bond donors (Lipinski definition) is 2. The summed E-state index contributed by atoms with van der Waals surface area (Å²) in [7, 11) is 0. The molecule has 0 heterocycles. The molecule has 2 unspecified atom stereocenters. The highest BCUT2D eigenvalue weighted by Crippen LogP contribution is 2.15. The molecule has 0 aliphatic heterocycles. The molecule has 1 amide bonds. The van der Waals surface area contributed by atoms with Gasteiger partial charge in [-0.1, -0.05) is 27.7 Å². The molecule has 0 spiro atoms. The molecule has 0 rings (SSSR count). The average Bonchev–Trinajstić information content (AvgIpc) is 2.22. The van der Waals surface area contributed by atoms with Gasteiger partial charge in [0.05, 0.1) is 0 Å². The van der Waals surface area contributed by atoms with Gasteiger partial charge in [0.25, 0.3) is 0 Å². The van der Waals surface area contributed by atoms with Crippen molar-refractivity contribution in [2.24, 2.45) is 17.8 Å². The molecule has 0 aromatic heterocycles. The van der Waals surface area contributed by atoms with Gasteiger partial charge in [-0.25, -0.2) is 0 Å². The SMILES string of the molecule is CCC(C)C(=O)NCC(CC(=O)O)CC(C)C. The molecule has 2 atom stereocenters. The Hall–Kier alpha value is -1.06. The number of carboxylic acid groups (broad SMARTS) is 1. The summed E-state index contributed by atoms with van der Waals surface area (Å²) in [6.45, 7) is 8.43. The van der Waals surface area contributed by atoms with Crippen molar-refractivity contribution >= 4 is 11.9 Å². The molecular weight excluding hydrogens is 218 g/mol. The lowest BCUT2D eigenvalue weighted by Gasteiger charge is -2.19. The Kier molecular flexibility index (Phi) is 7.59. The van der Waals surface area contributed by atoms with Gasteiger partial charge in [-0.15, -0.1) is 0 Å². The summed E-state index contributed by atoms with van der Waals surface area (Å²) in [6, 6.07) is 0. The first-order valence-electron chi connectivity index (χ1n) is 6.36. The smallest absolute Gasteiger partial charge is 0.303 e. The zero-order chi connectivity index (χ0) is 13.4. The molecule has 17 heavy (non-hydrogen) atoms. The second kappa shape index (κ2) is 8.09. The van der Waals surface area contributed by atoms with Crippen molar-refractivity contribution in [1.82, 2.24) is 5.32 Å². The summed E-state index contributed by atoms with van der Waals surface area (Å²) in [5.74, 6) is -0.306. The van der Waals surface area contributed by atoms with Gasteiger partial charge in [-0.2, -0.15) is 0 Å². The number of carbonyl (C=O) groups excluding carboxylic acids is 1. The van der Waals surface area contributed by atoms with Gasteiger partial charge in [0.15, 0.2) is 0 Å². The minimum absolute atomic E-state index is 0.000437. The molecule has 0 aromatic carbocycles. The van der Waals surface area contributed by atoms with Crippen LogP contribution in [0.4, 0.5) is 0 Å². The van der Waals surface area contributed by atoms with E-state index in [1.54, 1.807) is 0 Å². The second-order valence-electron chi connectivity index (χ2n) is 5.15. The third-order valence-corrected chi connectivity index (χ3v) is 2.89. The van der Waals surface area contributed by atoms with E-state index in [1.165, 1.54) is 0 Å². The maximum absolute atomic E-state index is 11.6. The third-order valence-electron chi connectivity index (χ3n) is 2.89. The summed E-state index contributed by atoms with van der Waals surface area (Å²) < 4.78 is 0. The van der Waals surface area contributed by atoms with Crippen molar-refractivity contribution in [3.63, 3.8) is 0 Å². The largest absolute Gasteiger partial charge is 0.481 e. The number of carboxylic acids is 1. The highest BCUT2D eigenvalue weighted by atomic mass is 16.4. The molecule has 4 nitrogen and oxygen atoms in total. The Labute approximate surface area is 104 Å². The topological polar surface area (TPSA) is 66.4 Å². The maximum Gasteiger partial charge on any atom is 0.303 e. The quantitative estimate of drug-likeness (QED) is 0.687. The fourth-order valence-corrected chi connectivity index (χ4v) is 1.76. The second-order valence-corrected chi connectivity index (χ2v) is 5.15. The number of carbonyl (C=O) groups is 2. The van der Waals surface area contributed by atoms with E-state index in [4.69, 9.17) is 5.11 Å². The van der Waals surface area contributed by atoms with Crippen LogP contribution in [0.5, 0.6) is 0 Å². The molecule has 0 aliphatic carbocycles. The lowest BCUT2D eigenvalue weighted by Crippen LogP contribution is -2.34. The van der Waals surface area contributed by atoms with Gasteiger partial charge in [0.1, 0.15) is 0 Å². The summed E-state index contributed by atoms with van der Waals surface area (Å²) >= 11 is 0.